The lowest BCUT2D eigenvalue weighted by atomic mass is 9.96. The van der Waals surface area contributed by atoms with E-state index in [0.717, 1.165) is 0 Å². The van der Waals surface area contributed by atoms with Gasteiger partial charge in [0.1, 0.15) is 0 Å². The molecule has 0 aromatic heterocycles. The van der Waals surface area contributed by atoms with E-state index in [1.54, 1.807) is 0 Å². The molecule has 0 aliphatic carbocycles. The molecule has 1 unspecified atom stereocenters. The monoisotopic (exact) mass is 192 g/mol. The van der Waals surface area contributed by atoms with E-state index in [0.29, 0.717) is 11.8 Å². The predicted molar refractivity (Wildman–Crippen MR) is 66.3 cm³/mol. The van der Waals surface area contributed by atoms with Crippen LogP contribution < -0.4 is 0 Å². The molecule has 0 N–H and O–H groups in total. The molecule has 80 valence electrons. The molecule has 0 rings (SSSR count). The summed E-state index contributed by atoms with van der Waals surface area (Å²) in [5.74, 6) is 1.12. The van der Waals surface area contributed by atoms with Crippen molar-refractivity contribution in [1.29, 1.82) is 0 Å². The standard InChI is InChI=1S/C14H24/c1-7-8-13(5)14(6)10-9-12(4)11(2)3/h9-11,13H,4,6-8H2,1-3,5H3/b10-9-. The lowest BCUT2D eigenvalue weighted by Gasteiger charge is -2.10. The van der Waals surface area contributed by atoms with E-state index >= 15 is 0 Å². The van der Waals surface area contributed by atoms with Crippen molar-refractivity contribution >= 4 is 0 Å². The van der Waals surface area contributed by atoms with Crippen LogP contribution in [-0.2, 0) is 0 Å². The molecular weight excluding hydrogens is 168 g/mol. The van der Waals surface area contributed by atoms with Gasteiger partial charge in [-0.1, -0.05) is 70.6 Å². The van der Waals surface area contributed by atoms with Crippen LogP contribution in [0.2, 0.25) is 0 Å². The molecule has 1 atom stereocenters. The highest BCUT2D eigenvalue weighted by molar-refractivity contribution is 5.26. The highest BCUT2D eigenvalue weighted by Gasteiger charge is 2.02. The van der Waals surface area contributed by atoms with E-state index in [1.807, 2.05) is 0 Å². The minimum absolute atomic E-state index is 0.528. The lowest BCUT2D eigenvalue weighted by Crippen LogP contribution is -1.95. The quantitative estimate of drug-likeness (QED) is 0.533. The maximum Gasteiger partial charge on any atom is -0.0196 e. The van der Waals surface area contributed by atoms with Crippen LogP contribution in [0.5, 0.6) is 0 Å². The Labute approximate surface area is 89.4 Å². The highest BCUT2D eigenvalue weighted by Crippen LogP contribution is 2.17. The molecule has 0 bridgehead atoms. The Morgan fingerprint density at radius 1 is 1.07 bits per heavy atom. The Kier molecular flexibility index (Phi) is 6.27. The molecule has 0 heteroatoms. The molecule has 0 aliphatic heterocycles. The fraction of sp³-hybridized carbons (Fsp3) is 0.571. The molecule has 0 aromatic carbocycles. The summed E-state index contributed by atoms with van der Waals surface area (Å²) < 4.78 is 0. The largest absolute Gasteiger partial charge is 0.0956 e. The van der Waals surface area contributed by atoms with Crippen molar-refractivity contribution in [1.82, 2.24) is 0 Å². The van der Waals surface area contributed by atoms with Crippen LogP contribution in [0.25, 0.3) is 0 Å². The van der Waals surface area contributed by atoms with E-state index < -0.39 is 0 Å². The maximum absolute atomic E-state index is 4.08. The van der Waals surface area contributed by atoms with Gasteiger partial charge in [-0.2, -0.15) is 0 Å². The van der Waals surface area contributed by atoms with Crippen molar-refractivity contribution in [2.24, 2.45) is 11.8 Å². The molecule has 0 radical (unpaired) electrons. The van der Waals surface area contributed by atoms with Crippen LogP contribution in [0.1, 0.15) is 40.5 Å². The van der Waals surface area contributed by atoms with Crippen LogP contribution in [0.15, 0.2) is 36.5 Å². The fourth-order valence-electron chi connectivity index (χ4n) is 1.19. The fourth-order valence-corrected chi connectivity index (χ4v) is 1.19. The van der Waals surface area contributed by atoms with E-state index in [2.05, 4.69) is 53.0 Å². The smallest absolute Gasteiger partial charge is 0.0196 e. The van der Waals surface area contributed by atoms with Crippen molar-refractivity contribution in [2.75, 3.05) is 0 Å². The number of hydrogen-bond donors (Lipinski definition) is 0. The zero-order valence-electron chi connectivity index (χ0n) is 10.1. The Morgan fingerprint density at radius 2 is 1.57 bits per heavy atom. The van der Waals surface area contributed by atoms with Gasteiger partial charge in [-0.25, -0.2) is 0 Å². The molecule has 0 aromatic rings. The van der Waals surface area contributed by atoms with Gasteiger partial charge in [-0.05, 0) is 18.3 Å². The molecule has 0 nitrogen and oxygen atoms in total. The predicted octanol–water partition coefficient (Wildman–Crippen LogP) is 4.75. The van der Waals surface area contributed by atoms with Crippen molar-refractivity contribution < 1.29 is 0 Å². The Bertz CT molecular complexity index is 218. The van der Waals surface area contributed by atoms with Gasteiger partial charge in [0.05, 0.1) is 0 Å². The van der Waals surface area contributed by atoms with Gasteiger partial charge in [0.2, 0.25) is 0 Å². The van der Waals surface area contributed by atoms with E-state index in [-0.39, 0.29) is 0 Å². The van der Waals surface area contributed by atoms with E-state index in [1.165, 1.54) is 24.0 Å². The molecule has 0 saturated heterocycles. The van der Waals surface area contributed by atoms with Gasteiger partial charge < -0.3 is 0 Å². The van der Waals surface area contributed by atoms with Gasteiger partial charge in [0.15, 0.2) is 0 Å². The Hall–Kier alpha value is -0.780. The molecule has 14 heavy (non-hydrogen) atoms. The first kappa shape index (κ1) is 13.2. The van der Waals surface area contributed by atoms with Crippen LogP contribution >= 0.6 is 0 Å². The maximum atomic E-state index is 4.08. The van der Waals surface area contributed by atoms with Crippen LogP contribution in [0, 0.1) is 11.8 Å². The average Bonchev–Trinajstić information content (AvgIpc) is 2.13. The molecular formula is C14H24. The first-order valence-corrected chi connectivity index (χ1v) is 5.54. The summed E-state index contributed by atoms with van der Waals surface area (Å²) in [4.78, 5) is 0. The lowest BCUT2D eigenvalue weighted by molar-refractivity contribution is 0.614. The minimum atomic E-state index is 0.528. The average molecular weight is 192 g/mol. The number of rotatable bonds is 6. The van der Waals surface area contributed by atoms with Gasteiger partial charge in [-0.3, -0.25) is 0 Å². The van der Waals surface area contributed by atoms with E-state index in [9.17, 15) is 0 Å². The first-order chi connectivity index (χ1) is 6.49. The van der Waals surface area contributed by atoms with Gasteiger partial charge in [0.25, 0.3) is 0 Å². The van der Waals surface area contributed by atoms with Crippen molar-refractivity contribution in [3.05, 3.63) is 36.5 Å². The number of allylic oxidation sites excluding steroid dienone is 4. The Balaban J connectivity index is 4.11. The molecule has 0 fully saturated rings. The minimum Gasteiger partial charge on any atom is -0.0956 e. The summed E-state index contributed by atoms with van der Waals surface area (Å²) in [5.41, 5.74) is 2.39. The summed E-state index contributed by atoms with van der Waals surface area (Å²) in [5, 5.41) is 0. The third kappa shape index (κ3) is 5.06. The molecule has 0 aliphatic rings. The second kappa shape index (κ2) is 6.64. The van der Waals surface area contributed by atoms with Crippen molar-refractivity contribution in [3.8, 4) is 0 Å². The summed E-state index contributed by atoms with van der Waals surface area (Å²) >= 11 is 0. The van der Waals surface area contributed by atoms with Crippen LogP contribution in [0.4, 0.5) is 0 Å². The first-order valence-electron chi connectivity index (χ1n) is 5.54. The summed E-state index contributed by atoms with van der Waals surface area (Å²) in [6.07, 6.45) is 6.65. The number of hydrogen-bond acceptors (Lipinski definition) is 0. The van der Waals surface area contributed by atoms with Crippen molar-refractivity contribution in [2.45, 2.75) is 40.5 Å². The highest BCUT2D eigenvalue weighted by atomic mass is 14.1. The Morgan fingerprint density at radius 3 is 2.00 bits per heavy atom. The molecule has 0 heterocycles. The zero-order valence-corrected chi connectivity index (χ0v) is 10.1. The second-order valence-corrected chi connectivity index (χ2v) is 4.33. The molecule has 0 spiro atoms. The molecule has 0 amide bonds. The summed E-state index contributed by atoms with van der Waals surface area (Å²) in [6.45, 7) is 16.8. The van der Waals surface area contributed by atoms with Gasteiger partial charge in [-0.15, -0.1) is 0 Å². The third-order valence-electron chi connectivity index (χ3n) is 2.61. The summed E-state index contributed by atoms with van der Waals surface area (Å²) in [6, 6.07) is 0. The molecule has 0 saturated carbocycles. The van der Waals surface area contributed by atoms with Gasteiger partial charge in [0, 0.05) is 0 Å². The zero-order chi connectivity index (χ0) is 11.1. The normalized spacial score (nSPS) is 13.5. The van der Waals surface area contributed by atoms with Gasteiger partial charge >= 0.3 is 0 Å². The van der Waals surface area contributed by atoms with Crippen molar-refractivity contribution in [3.63, 3.8) is 0 Å². The van der Waals surface area contributed by atoms with Crippen LogP contribution in [0.3, 0.4) is 0 Å². The summed E-state index contributed by atoms with van der Waals surface area (Å²) in [7, 11) is 0. The van der Waals surface area contributed by atoms with Crippen LogP contribution in [-0.4, -0.2) is 0 Å². The second-order valence-electron chi connectivity index (χ2n) is 4.33. The SMILES string of the molecule is C=C(/C=C\C(=C)C(C)CCC)C(C)C. The van der Waals surface area contributed by atoms with E-state index in [4.69, 9.17) is 0 Å². The third-order valence-corrected chi connectivity index (χ3v) is 2.61. The topological polar surface area (TPSA) is 0 Å².